The number of carbonyl (C=O) groups is 1. The van der Waals surface area contributed by atoms with Crippen LogP contribution < -0.4 is 5.32 Å². The highest BCUT2D eigenvalue weighted by molar-refractivity contribution is 5.82. The lowest BCUT2D eigenvalue weighted by Gasteiger charge is -2.27. The lowest BCUT2D eigenvalue weighted by atomic mass is 10.1. The van der Waals surface area contributed by atoms with E-state index in [2.05, 4.69) is 54.5 Å². The van der Waals surface area contributed by atoms with Crippen molar-refractivity contribution in [1.29, 1.82) is 0 Å². The molecule has 220 valence electrons. The second-order valence-corrected chi connectivity index (χ2v) is 12.4. The molecule has 0 saturated carbocycles. The molecule has 2 aliphatic rings. The van der Waals surface area contributed by atoms with Crippen LogP contribution in [-0.2, 0) is 4.74 Å². The number of amides is 1. The van der Waals surface area contributed by atoms with Crippen LogP contribution in [0.4, 0.5) is 4.79 Å². The Balaban J connectivity index is 1.09. The van der Waals surface area contributed by atoms with Crippen LogP contribution >= 0.6 is 0 Å². The Morgan fingerprint density at radius 3 is 2.33 bits per heavy atom. The SMILES string of the molecule is CC(C)(C)OC(=O)N1CCCC1c1ncc(-c2ccc(-c3cnc4ccc(-c5cnc(C6CCCN6)[nH]5)cc4n3)cc2)[nH]1. The number of benzene rings is 2. The molecular weight excluding hydrogens is 540 g/mol. The van der Waals surface area contributed by atoms with Crippen LogP contribution in [0.25, 0.3) is 44.8 Å². The summed E-state index contributed by atoms with van der Waals surface area (Å²) in [5.41, 5.74) is 6.85. The van der Waals surface area contributed by atoms with Crippen molar-refractivity contribution in [3.63, 3.8) is 0 Å². The summed E-state index contributed by atoms with van der Waals surface area (Å²) in [5, 5.41) is 3.49. The predicted molar refractivity (Wildman–Crippen MR) is 165 cm³/mol. The fourth-order valence-corrected chi connectivity index (χ4v) is 5.96. The predicted octanol–water partition coefficient (Wildman–Crippen LogP) is 6.57. The second kappa shape index (κ2) is 10.9. The van der Waals surface area contributed by atoms with E-state index >= 15 is 0 Å². The number of aromatic amines is 2. The second-order valence-electron chi connectivity index (χ2n) is 12.4. The van der Waals surface area contributed by atoms with Crippen LogP contribution in [0, 0.1) is 0 Å². The molecule has 7 rings (SSSR count). The van der Waals surface area contributed by atoms with Gasteiger partial charge in [-0.1, -0.05) is 30.3 Å². The van der Waals surface area contributed by atoms with Crippen LogP contribution in [0.15, 0.2) is 61.1 Å². The van der Waals surface area contributed by atoms with Gasteiger partial charge < -0.3 is 20.0 Å². The molecule has 3 aromatic heterocycles. The third kappa shape index (κ3) is 5.62. The maximum atomic E-state index is 12.8. The molecule has 0 bridgehead atoms. The van der Waals surface area contributed by atoms with Crippen molar-refractivity contribution < 1.29 is 9.53 Å². The summed E-state index contributed by atoms with van der Waals surface area (Å²) >= 11 is 0. The molecule has 10 nitrogen and oxygen atoms in total. The molecule has 43 heavy (non-hydrogen) atoms. The van der Waals surface area contributed by atoms with Crippen LogP contribution in [0.1, 0.15) is 70.2 Å². The number of ether oxygens (including phenoxy) is 1. The van der Waals surface area contributed by atoms with Crippen molar-refractivity contribution in [1.82, 2.24) is 40.1 Å². The van der Waals surface area contributed by atoms with E-state index in [0.29, 0.717) is 12.6 Å². The van der Waals surface area contributed by atoms with Crippen molar-refractivity contribution in [2.24, 2.45) is 0 Å². The molecule has 2 aromatic carbocycles. The minimum absolute atomic E-state index is 0.117. The Hall–Kier alpha value is -4.57. The van der Waals surface area contributed by atoms with Crippen molar-refractivity contribution >= 4 is 17.1 Å². The van der Waals surface area contributed by atoms with Crippen LogP contribution in [0.3, 0.4) is 0 Å². The highest BCUT2D eigenvalue weighted by Gasteiger charge is 2.34. The third-order valence-electron chi connectivity index (χ3n) is 8.12. The summed E-state index contributed by atoms with van der Waals surface area (Å²) in [6, 6.07) is 14.5. The minimum atomic E-state index is -0.533. The maximum Gasteiger partial charge on any atom is 0.410 e. The van der Waals surface area contributed by atoms with E-state index in [9.17, 15) is 4.79 Å². The largest absolute Gasteiger partial charge is 0.444 e. The summed E-state index contributed by atoms with van der Waals surface area (Å²) in [6.45, 7) is 7.36. The zero-order valence-electron chi connectivity index (χ0n) is 24.7. The third-order valence-corrected chi connectivity index (χ3v) is 8.12. The first-order valence-corrected chi connectivity index (χ1v) is 15.0. The van der Waals surface area contributed by atoms with E-state index in [1.807, 2.05) is 57.6 Å². The van der Waals surface area contributed by atoms with Crippen molar-refractivity contribution in [3.8, 4) is 33.8 Å². The summed E-state index contributed by atoms with van der Waals surface area (Å²) in [7, 11) is 0. The van der Waals surface area contributed by atoms with Crippen LogP contribution in [0.2, 0.25) is 0 Å². The van der Waals surface area contributed by atoms with Gasteiger partial charge in [-0.05, 0) is 70.7 Å². The Morgan fingerprint density at radius 2 is 1.56 bits per heavy atom. The number of hydrogen-bond donors (Lipinski definition) is 3. The summed E-state index contributed by atoms with van der Waals surface area (Å²) in [4.78, 5) is 40.3. The van der Waals surface area contributed by atoms with Crippen molar-refractivity contribution in [2.45, 2.75) is 64.1 Å². The smallest absolute Gasteiger partial charge is 0.410 e. The van der Waals surface area contributed by atoms with E-state index in [1.54, 1.807) is 4.90 Å². The van der Waals surface area contributed by atoms with Gasteiger partial charge in [-0.3, -0.25) is 9.88 Å². The Labute approximate surface area is 250 Å². The zero-order valence-corrected chi connectivity index (χ0v) is 24.7. The molecular formula is C33H36N8O2. The van der Waals surface area contributed by atoms with Gasteiger partial charge in [-0.25, -0.2) is 19.7 Å². The molecule has 2 aliphatic heterocycles. The van der Waals surface area contributed by atoms with E-state index in [-0.39, 0.29) is 12.1 Å². The summed E-state index contributed by atoms with van der Waals surface area (Å²) < 4.78 is 5.62. The fourth-order valence-electron chi connectivity index (χ4n) is 5.96. The van der Waals surface area contributed by atoms with Gasteiger partial charge in [0.15, 0.2) is 0 Å². The lowest BCUT2D eigenvalue weighted by Crippen LogP contribution is -2.36. The van der Waals surface area contributed by atoms with Gasteiger partial charge in [-0.2, -0.15) is 0 Å². The van der Waals surface area contributed by atoms with Gasteiger partial charge in [0.2, 0.25) is 0 Å². The van der Waals surface area contributed by atoms with E-state index < -0.39 is 5.60 Å². The molecule has 5 aromatic rings. The van der Waals surface area contributed by atoms with Gasteiger partial charge in [0.1, 0.15) is 17.2 Å². The maximum absolute atomic E-state index is 12.8. The van der Waals surface area contributed by atoms with Gasteiger partial charge in [0.25, 0.3) is 0 Å². The van der Waals surface area contributed by atoms with Gasteiger partial charge in [-0.15, -0.1) is 0 Å². The van der Waals surface area contributed by atoms with Gasteiger partial charge in [0.05, 0.1) is 58.8 Å². The number of likely N-dealkylation sites (tertiary alicyclic amines) is 1. The van der Waals surface area contributed by atoms with E-state index in [0.717, 1.165) is 82.3 Å². The standard InChI is InChI=1S/C33H36N8O2/c1-33(2,3)43-32(42)41-15-5-7-29(41)31-37-18-27(40-31)21-10-8-20(9-11-21)26-17-35-23-13-12-22(16-25(23)38-26)28-19-36-30(39-28)24-6-4-14-34-24/h8-13,16-19,24,29,34H,4-7,14-15H2,1-3H3,(H,36,39)(H,37,40). The molecule has 2 atom stereocenters. The minimum Gasteiger partial charge on any atom is -0.444 e. The molecule has 2 unspecified atom stereocenters. The van der Waals surface area contributed by atoms with Crippen LogP contribution in [-0.4, -0.2) is 59.6 Å². The summed E-state index contributed by atoms with van der Waals surface area (Å²) in [6.07, 6.45) is 9.30. The number of imidazole rings is 2. The normalized spacial score (nSPS) is 18.9. The molecule has 0 radical (unpaired) electrons. The number of rotatable bonds is 5. The Bertz CT molecular complexity index is 1760. The monoisotopic (exact) mass is 576 g/mol. The zero-order chi connectivity index (χ0) is 29.6. The van der Waals surface area contributed by atoms with E-state index in [1.165, 1.54) is 6.42 Å². The molecule has 0 spiro atoms. The first-order chi connectivity index (χ1) is 20.8. The Morgan fingerprint density at radius 1 is 0.837 bits per heavy atom. The number of aromatic nitrogens is 6. The molecule has 3 N–H and O–H groups in total. The number of fused-ring (bicyclic) bond motifs is 1. The van der Waals surface area contributed by atoms with Gasteiger partial charge in [0, 0.05) is 17.7 Å². The first-order valence-electron chi connectivity index (χ1n) is 15.0. The Kier molecular flexibility index (Phi) is 6.93. The first kappa shape index (κ1) is 27.3. The highest BCUT2D eigenvalue weighted by atomic mass is 16.6. The number of nitrogens with zero attached hydrogens (tertiary/aromatic N) is 5. The number of H-pyrrole nitrogens is 2. The molecule has 2 fully saturated rings. The van der Waals surface area contributed by atoms with Crippen molar-refractivity contribution in [2.75, 3.05) is 13.1 Å². The van der Waals surface area contributed by atoms with Gasteiger partial charge >= 0.3 is 6.09 Å². The molecule has 5 heterocycles. The molecule has 1 amide bonds. The summed E-state index contributed by atoms with van der Waals surface area (Å²) in [5.74, 6) is 1.77. The van der Waals surface area contributed by atoms with Crippen LogP contribution in [0.5, 0.6) is 0 Å². The topological polar surface area (TPSA) is 125 Å². The van der Waals surface area contributed by atoms with E-state index in [4.69, 9.17) is 9.72 Å². The quantitative estimate of drug-likeness (QED) is 0.216. The number of nitrogens with one attached hydrogen (secondary N) is 3. The highest BCUT2D eigenvalue weighted by Crippen LogP contribution is 2.33. The van der Waals surface area contributed by atoms with Crippen molar-refractivity contribution in [3.05, 3.63) is 72.7 Å². The average molecular weight is 577 g/mol. The lowest BCUT2D eigenvalue weighted by molar-refractivity contribution is 0.0218. The number of hydrogen-bond acceptors (Lipinski definition) is 7. The number of carbonyl (C=O) groups excluding carboxylic acids is 1. The fraction of sp³-hybridized carbons (Fsp3) is 0.364. The average Bonchev–Trinajstić information content (AvgIpc) is 3.82. The molecule has 0 aliphatic carbocycles. The molecule has 2 saturated heterocycles. The molecule has 10 heteroatoms.